The van der Waals surface area contributed by atoms with E-state index in [4.69, 9.17) is 4.74 Å². The Morgan fingerprint density at radius 2 is 1.50 bits per heavy atom. The van der Waals surface area contributed by atoms with E-state index in [2.05, 4.69) is 24.5 Å². The summed E-state index contributed by atoms with van der Waals surface area (Å²) in [5, 5.41) is 5.96. The van der Waals surface area contributed by atoms with Crippen LogP contribution in [0.5, 0.6) is 0 Å². The summed E-state index contributed by atoms with van der Waals surface area (Å²) in [4.78, 5) is 43.6. The molecule has 0 aliphatic heterocycles. The van der Waals surface area contributed by atoms with Crippen LogP contribution in [-0.2, 0) is 14.3 Å². The van der Waals surface area contributed by atoms with Crippen molar-refractivity contribution < 1.29 is 19.1 Å². The van der Waals surface area contributed by atoms with Crippen molar-refractivity contribution in [2.45, 2.75) is 119 Å². The average Bonchev–Trinajstić information content (AvgIpc) is 2.85. The van der Waals surface area contributed by atoms with E-state index in [1.54, 1.807) is 25.7 Å². The third-order valence-corrected chi connectivity index (χ3v) is 7.24. The lowest BCUT2D eigenvalue weighted by Crippen LogP contribution is -2.55. The quantitative estimate of drug-likeness (QED) is 0.268. The van der Waals surface area contributed by atoms with Gasteiger partial charge in [0.1, 0.15) is 17.7 Å². The SMILES string of the molecule is Cc1ccc(C(C(=O)Nc2ccccc2C)N(C(=O)C(CC(C)C)NC(=O)OC(C)(C)C)C(C)CCC(C)C)c(C)c1. The second kappa shape index (κ2) is 15.2. The number of rotatable bonds is 12. The molecule has 3 unspecified atom stereocenters. The maximum atomic E-state index is 14.7. The molecule has 3 atom stereocenters. The number of nitrogens with zero attached hydrogens (tertiary/aromatic N) is 1. The van der Waals surface area contributed by atoms with Gasteiger partial charge < -0.3 is 20.3 Å². The number of amides is 3. The number of hydrogen-bond acceptors (Lipinski definition) is 4. The van der Waals surface area contributed by atoms with Gasteiger partial charge in [-0.3, -0.25) is 9.59 Å². The molecule has 0 bridgehead atoms. The minimum absolute atomic E-state index is 0.113. The van der Waals surface area contributed by atoms with E-state index in [1.807, 2.05) is 84.0 Å². The highest BCUT2D eigenvalue weighted by Crippen LogP contribution is 2.32. The second-order valence-corrected chi connectivity index (χ2v) is 13.5. The third-order valence-electron chi connectivity index (χ3n) is 7.24. The van der Waals surface area contributed by atoms with Crippen LogP contribution in [0.15, 0.2) is 42.5 Å². The van der Waals surface area contributed by atoms with Gasteiger partial charge in [-0.05, 0) is 102 Å². The molecule has 7 heteroatoms. The summed E-state index contributed by atoms with van der Waals surface area (Å²) in [6.45, 7) is 21.6. The van der Waals surface area contributed by atoms with Gasteiger partial charge in [-0.2, -0.15) is 0 Å². The summed E-state index contributed by atoms with van der Waals surface area (Å²) >= 11 is 0. The van der Waals surface area contributed by atoms with Crippen LogP contribution in [0, 0.1) is 32.6 Å². The van der Waals surface area contributed by atoms with Gasteiger partial charge in [-0.1, -0.05) is 69.7 Å². The molecular weight excluding hydrogens is 526 g/mol. The number of para-hydroxylation sites is 1. The third kappa shape index (κ3) is 10.5. The van der Waals surface area contributed by atoms with E-state index in [0.717, 1.165) is 28.7 Å². The van der Waals surface area contributed by atoms with Gasteiger partial charge in [0, 0.05) is 11.7 Å². The molecule has 0 aliphatic rings. The molecule has 0 radical (unpaired) electrons. The Kier molecular flexibility index (Phi) is 12.6. The van der Waals surface area contributed by atoms with Gasteiger partial charge in [-0.25, -0.2) is 4.79 Å². The first-order valence-corrected chi connectivity index (χ1v) is 15.3. The zero-order chi connectivity index (χ0) is 31.8. The molecule has 232 valence electrons. The van der Waals surface area contributed by atoms with Crippen LogP contribution in [0.1, 0.15) is 103 Å². The van der Waals surface area contributed by atoms with Gasteiger partial charge in [0.15, 0.2) is 0 Å². The zero-order valence-electron chi connectivity index (χ0n) is 27.6. The van der Waals surface area contributed by atoms with Crippen molar-refractivity contribution in [1.82, 2.24) is 10.2 Å². The van der Waals surface area contributed by atoms with E-state index in [-0.39, 0.29) is 23.8 Å². The molecule has 3 amide bonds. The maximum absolute atomic E-state index is 14.7. The van der Waals surface area contributed by atoms with E-state index in [0.29, 0.717) is 24.4 Å². The van der Waals surface area contributed by atoms with Gasteiger partial charge >= 0.3 is 6.09 Å². The molecule has 2 aromatic rings. The molecule has 42 heavy (non-hydrogen) atoms. The van der Waals surface area contributed by atoms with Gasteiger partial charge in [0.05, 0.1) is 0 Å². The van der Waals surface area contributed by atoms with Crippen molar-refractivity contribution in [3.8, 4) is 0 Å². The number of ether oxygens (including phenoxy) is 1. The van der Waals surface area contributed by atoms with Crippen LogP contribution in [0.25, 0.3) is 0 Å². The van der Waals surface area contributed by atoms with Crippen molar-refractivity contribution in [2.24, 2.45) is 11.8 Å². The fraction of sp³-hybridized carbons (Fsp3) is 0.571. The molecule has 0 aromatic heterocycles. The van der Waals surface area contributed by atoms with Crippen LogP contribution >= 0.6 is 0 Å². The number of hydrogen-bond donors (Lipinski definition) is 2. The van der Waals surface area contributed by atoms with Gasteiger partial charge in [0.2, 0.25) is 5.91 Å². The molecule has 0 saturated carbocycles. The fourth-order valence-corrected chi connectivity index (χ4v) is 5.10. The summed E-state index contributed by atoms with van der Waals surface area (Å²) in [5.74, 6) is -0.0459. The number of aryl methyl sites for hydroxylation is 3. The van der Waals surface area contributed by atoms with E-state index in [9.17, 15) is 14.4 Å². The first-order chi connectivity index (χ1) is 19.5. The monoisotopic (exact) mass is 579 g/mol. The first-order valence-electron chi connectivity index (χ1n) is 15.3. The van der Waals surface area contributed by atoms with Crippen molar-refractivity contribution in [3.63, 3.8) is 0 Å². The second-order valence-electron chi connectivity index (χ2n) is 13.5. The molecule has 2 N–H and O–H groups in total. The Hall–Kier alpha value is -3.35. The molecule has 2 aromatic carbocycles. The van der Waals surface area contributed by atoms with Crippen molar-refractivity contribution in [3.05, 3.63) is 64.7 Å². The normalized spacial score (nSPS) is 13.8. The van der Waals surface area contributed by atoms with Crippen LogP contribution < -0.4 is 10.6 Å². The van der Waals surface area contributed by atoms with Gasteiger partial charge in [0.25, 0.3) is 5.91 Å². The smallest absolute Gasteiger partial charge is 0.408 e. The summed E-state index contributed by atoms with van der Waals surface area (Å²) in [7, 11) is 0. The van der Waals surface area contributed by atoms with Crippen LogP contribution in [0.4, 0.5) is 10.5 Å². The minimum atomic E-state index is -0.907. The summed E-state index contributed by atoms with van der Waals surface area (Å²) in [6, 6.07) is 11.5. The van der Waals surface area contributed by atoms with Crippen molar-refractivity contribution in [2.75, 3.05) is 5.32 Å². The Bertz CT molecular complexity index is 1210. The summed E-state index contributed by atoms with van der Waals surface area (Å²) < 4.78 is 5.54. The van der Waals surface area contributed by atoms with Crippen LogP contribution in [0.3, 0.4) is 0 Å². The lowest BCUT2D eigenvalue weighted by atomic mass is 9.92. The van der Waals surface area contributed by atoms with Crippen molar-refractivity contribution in [1.29, 1.82) is 0 Å². The number of alkyl carbamates (subject to hydrolysis) is 1. The van der Waals surface area contributed by atoms with E-state index >= 15 is 0 Å². The maximum Gasteiger partial charge on any atom is 0.408 e. The van der Waals surface area contributed by atoms with Gasteiger partial charge in [-0.15, -0.1) is 0 Å². The zero-order valence-corrected chi connectivity index (χ0v) is 27.6. The lowest BCUT2D eigenvalue weighted by Gasteiger charge is -2.39. The number of carbonyl (C=O) groups is 3. The predicted molar refractivity (Wildman–Crippen MR) is 171 cm³/mol. The molecule has 0 fully saturated rings. The van der Waals surface area contributed by atoms with Crippen molar-refractivity contribution >= 4 is 23.6 Å². The molecule has 2 rings (SSSR count). The van der Waals surface area contributed by atoms with E-state index < -0.39 is 23.8 Å². The largest absolute Gasteiger partial charge is 0.444 e. The number of anilines is 1. The van der Waals surface area contributed by atoms with Crippen LogP contribution in [-0.4, -0.2) is 40.5 Å². The standard InChI is InChI=1S/C35H53N3O4/c1-22(2)16-18-27(8)38(33(40)30(20-23(3)4)37-34(41)42-35(9,10)11)31(28-19-17-24(5)21-26(28)7)32(39)36-29-15-13-12-14-25(29)6/h12-15,17,19,21-23,27,30-31H,16,18,20H2,1-11H3,(H,36,39)(H,37,41). The molecule has 0 saturated heterocycles. The Morgan fingerprint density at radius 3 is 2.05 bits per heavy atom. The average molecular weight is 580 g/mol. The molecule has 7 nitrogen and oxygen atoms in total. The minimum Gasteiger partial charge on any atom is -0.444 e. The number of benzene rings is 2. The molecule has 0 heterocycles. The first kappa shape index (κ1) is 34.8. The predicted octanol–water partition coefficient (Wildman–Crippen LogP) is 7.88. The Balaban J connectivity index is 2.69. The summed E-state index contributed by atoms with van der Waals surface area (Å²) in [6.07, 6.45) is 1.36. The number of carbonyl (C=O) groups excluding carboxylic acids is 3. The van der Waals surface area contributed by atoms with E-state index in [1.165, 1.54) is 0 Å². The lowest BCUT2D eigenvalue weighted by molar-refractivity contribution is -0.144. The molecular formula is C35H53N3O4. The highest BCUT2D eigenvalue weighted by atomic mass is 16.6. The van der Waals surface area contributed by atoms with Crippen LogP contribution in [0.2, 0.25) is 0 Å². The fourth-order valence-electron chi connectivity index (χ4n) is 5.10. The summed E-state index contributed by atoms with van der Waals surface area (Å²) in [5.41, 5.74) is 3.68. The Labute approximate surface area is 253 Å². The molecule has 0 spiro atoms. The highest BCUT2D eigenvalue weighted by Gasteiger charge is 2.39. The molecule has 0 aliphatic carbocycles. The topological polar surface area (TPSA) is 87.7 Å². The number of nitrogens with one attached hydrogen (secondary N) is 2. The Morgan fingerprint density at radius 1 is 0.857 bits per heavy atom. The highest BCUT2D eigenvalue weighted by molar-refractivity contribution is 5.99.